The second-order valence-electron chi connectivity index (χ2n) is 12.8. The Bertz CT molecular complexity index is 2800. The summed E-state index contributed by atoms with van der Waals surface area (Å²) in [5.41, 5.74) is 11.3. The van der Waals surface area contributed by atoms with E-state index in [9.17, 15) is 0 Å². The molecule has 10 aromatic rings. The van der Waals surface area contributed by atoms with Gasteiger partial charge in [-0.1, -0.05) is 158 Å². The number of furan rings is 1. The van der Waals surface area contributed by atoms with Gasteiger partial charge in [-0.15, -0.1) is 0 Å². The Morgan fingerprint density at radius 3 is 1.43 bits per heavy atom. The van der Waals surface area contributed by atoms with Gasteiger partial charge in [-0.2, -0.15) is 0 Å². The van der Waals surface area contributed by atoms with Crippen molar-refractivity contribution < 1.29 is 4.42 Å². The summed E-state index contributed by atoms with van der Waals surface area (Å²) >= 11 is 0. The Hall–Kier alpha value is -6.44. The van der Waals surface area contributed by atoms with E-state index in [4.69, 9.17) is 4.42 Å². The highest BCUT2D eigenvalue weighted by molar-refractivity contribution is 6.23. The average Bonchev–Trinajstić information content (AvgIpc) is 3.56. The zero-order valence-electron chi connectivity index (χ0n) is 26.7. The Kier molecular flexibility index (Phi) is 6.25. The quantitative estimate of drug-likeness (QED) is 0.178. The molecule has 228 valence electrons. The van der Waals surface area contributed by atoms with Gasteiger partial charge in [0.15, 0.2) is 0 Å². The van der Waals surface area contributed by atoms with Crippen LogP contribution in [0, 0.1) is 0 Å². The summed E-state index contributed by atoms with van der Waals surface area (Å²) in [7, 11) is 0. The van der Waals surface area contributed by atoms with Gasteiger partial charge >= 0.3 is 0 Å². The van der Waals surface area contributed by atoms with Gasteiger partial charge in [0.25, 0.3) is 0 Å². The highest BCUT2D eigenvalue weighted by Crippen LogP contribution is 2.47. The molecule has 0 N–H and O–H groups in total. The van der Waals surface area contributed by atoms with Crippen LogP contribution >= 0.6 is 0 Å². The van der Waals surface area contributed by atoms with Gasteiger partial charge in [0.1, 0.15) is 11.2 Å². The molecular formula is C48H30O. The van der Waals surface area contributed by atoms with Crippen LogP contribution in [0.2, 0.25) is 0 Å². The predicted octanol–water partition coefficient (Wildman–Crippen LogP) is 13.7. The maximum atomic E-state index is 6.78. The number of benzene rings is 9. The third-order valence-electron chi connectivity index (χ3n) is 10.0. The van der Waals surface area contributed by atoms with E-state index in [0.29, 0.717) is 0 Å². The fourth-order valence-electron chi connectivity index (χ4n) is 7.83. The monoisotopic (exact) mass is 622 g/mol. The molecule has 0 spiro atoms. The summed E-state index contributed by atoms with van der Waals surface area (Å²) in [5.74, 6) is 0. The number of hydrogen-bond acceptors (Lipinski definition) is 1. The van der Waals surface area contributed by atoms with Crippen molar-refractivity contribution in [3.05, 3.63) is 182 Å². The topological polar surface area (TPSA) is 13.1 Å². The van der Waals surface area contributed by atoms with E-state index in [1.807, 2.05) is 0 Å². The molecule has 0 atom stereocenters. The van der Waals surface area contributed by atoms with Crippen molar-refractivity contribution in [1.82, 2.24) is 0 Å². The van der Waals surface area contributed by atoms with Crippen LogP contribution in [0.25, 0.3) is 98.8 Å². The van der Waals surface area contributed by atoms with Crippen molar-refractivity contribution in [2.24, 2.45) is 0 Å². The van der Waals surface area contributed by atoms with Crippen molar-refractivity contribution in [2.75, 3.05) is 0 Å². The van der Waals surface area contributed by atoms with Gasteiger partial charge in [0.2, 0.25) is 0 Å². The number of rotatable bonds is 4. The molecule has 0 aliphatic rings. The van der Waals surface area contributed by atoms with Crippen LogP contribution in [0.1, 0.15) is 0 Å². The fourth-order valence-corrected chi connectivity index (χ4v) is 7.83. The lowest BCUT2D eigenvalue weighted by atomic mass is 9.85. The Morgan fingerprint density at radius 1 is 0.306 bits per heavy atom. The first-order valence-corrected chi connectivity index (χ1v) is 16.8. The van der Waals surface area contributed by atoms with E-state index < -0.39 is 0 Å². The van der Waals surface area contributed by atoms with Gasteiger partial charge in [-0.25, -0.2) is 0 Å². The van der Waals surface area contributed by atoms with Crippen molar-refractivity contribution in [3.63, 3.8) is 0 Å². The van der Waals surface area contributed by atoms with Gasteiger partial charge in [0.05, 0.1) is 0 Å². The van der Waals surface area contributed by atoms with Crippen molar-refractivity contribution in [2.45, 2.75) is 0 Å². The summed E-state index contributed by atoms with van der Waals surface area (Å²) in [6, 6.07) is 65.6. The molecule has 0 amide bonds. The molecule has 0 aliphatic heterocycles. The fraction of sp³-hybridized carbons (Fsp3) is 0. The molecule has 0 bridgehead atoms. The van der Waals surface area contributed by atoms with Gasteiger partial charge < -0.3 is 4.42 Å². The van der Waals surface area contributed by atoms with Crippen LogP contribution in [0.4, 0.5) is 0 Å². The van der Waals surface area contributed by atoms with Gasteiger partial charge in [-0.05, 0) is 95.5 Å². The van der Waals surface area contributed by atoms with E-state index in [2.05, 4.69) is 182 Å². The van der Waals surface area contributed by atoms with Crippen molar-refractivity contribution >= 4 is 54.3 Å². The van der Waals surface area contributed by atoms with E-state index >= 15 is 0 Å². The Labute approximate surface area is 284 Å². The minimum atomic E-state index is 0.890. The molecular weight excluding hydrogens is 593 g/mol. The van der Waals surface area contributed by atoms with E-state index in [-0.39, 0.29) is 0 Å². The van der Waals surface area contributed by atoms with Gasteiger partial charge in [0, 0.05) is 16.3 Å². The largest absolute Gasteiger partial charge is 0.455 e. The zero-order valence-corrected chi connectivity index (χ0v) is 26.7. The standard InChI is InChI=1S/C48H30O/c1-3-14-32(15-4-1)37-26-27-38(33-16-5-2-6-17-33)48-47(37)43-30-36(25-28-44(43)49-48)46-41-21-11-9-19-39(41)45(40-20-10-12-22-42(40)46)35-24-23-31-13-7-8-18-34(31)29-35/h1-30H. The molecule has 1 nitrogen and oxygen atoms in total. The molecule has 0 fully saturated rings. The third-order valence-corrected chi connectivity index (χ3v) is 10.0. The highest BCUT2D eigenvalue weighted by Gasteiger charge is 2.20. The van der Waals surface area contributed by atoms with Crippen LogP contribution in [0.15, 0.2) is 186 Å². The smallest absolute Gasteiger partial charge is 0.143 e. The molecule has 10 rings (SSSR count). The molecule has 49 heavy (non-hydrogen) atoms. The maximum Gasteiger partial charge on any atom is 0.143 e. The minimum absolute atomic E-state index is 0.890. The normalized spacial score (nSPS) is 11.7. The van der Waals surface area contributed by atoms with E-state index in [1.165, 1.54) is 65.7 Å². The highest BCUT2D eigenvalue weighted by atomic mass is 16.3. The summed E-state index contributed by atoms with van der Waals surface area (Å²) in [4.78, 5) is 0. The number of fused-ring (bicyclic) bond motifs is 6. The lowest BCUT2D eigenvalue weighted by Gasteiger charge is -2.18. The lowest BCUT2D eigenvalue weighted by molar-refractivity contribution is 0.670. The first kappa shape index (κ1) is 27.7. The second-order valence-corrected chi connectivity index (χ2v) is 12.8. The maximum absolute atomic E-state index is 6.78. The van der Waals surface area contributed by atoms with Crippen LogP contribution in [-0.4, -0.2) is 0 Å². The SMILES string of the molecule is c1ccc(-c2ccc(-c3ccccc3)c3c2oc2ccc(-c4c5ccccc5c(-c5ccc6ccccc6c5)c5ccccc45)cc23)cc1. The molecule has 0 unspecified atom stereocenters. The molecule has 1 aromatic heterocycles. The molecule has 0 aliphatic carbocycles. The minimum Gasteiger partial charge on any atom is -0.455 e. The molecule has 0 radical (unpaired) electrons. The molecule has 0 saturated heterocycles. The summed E-state index contributed by atoms with van der Waals surface area (Å²) in [6.45, 7) is 0. The van der Waals surface area contributed by atoms with Crippen LogP contribution < -0.4 is 0 Å². The van der Waals surface area contributed by atoms with E-state index in [0.717, 1.165) is 33.1 Å². The summed E-state index contributed by atoms with van der Waals surface area (Å²) < 4.78 is 6.78. The molecule has 1 heteroatoms. The first-order chi connectivity index (χ1) is 24.3. The lowest BCUT2D eigenvalue weighted by Crippen LogP contribution is -1.91. The van der Waals surface area contributed by atoms with Crippen molar-refractivity contribution in [3.8, 4) is 44.5 Å². The van der Waals surface area contributed by atoms with Crippen LogP contribution in [0.3, 0.4) is 0 Å². The van der Waals surface area contributed by atoms with E-state index in [1.54, 1.807) is 0 Å². The first-order valence-electron chi connectivity index (χ1n) is 16.8. The second kappa shape index (κ2) is 11.1. The Balaban J connectivity index is 1.28. The number of hydrogen-bond donors (Lipinski definition) is 0. The predicted molar refractivity (Wildman–Crippen MR) is 208 cm³/mol. The molecule has 9 aromatic carbocycles. The third kappa shape index (κ3) is 4.40. The molecule has 1 heterocycles. The van der Waals surface area contributed by atoms with Crippen LogP contribution in [-0.2, 0) is 0 Å². The zero-order chi connectivity index (χ0) is 32.3. The van der Waals surface area contributed by atoms with Crippen LogP contribution in [0.5, 0.6) is 0 Å². The van der Waals surface area contributed by atoms with Gasteiger partial charge in [-0.3, -0.25) is 0 Å². The summed E-state index contributed by atoms with van der Waals surface area (Å²) in [6.07, 6.45) is 0. The molecule has 0 saturated carbocycles. The Morgan fingerprint density at radius 2 is 0.796 bits per heavy atom. The van der Waals surface area contributed by atoms with Crippen molar-refractivity contribution in [1.29, 1.82) is 0 Å². The average molecular weight is 623 g/mol. The summed E-state index contributed by atoms with van der Waals surface area (Å²) in [5, 5.41) is 9.75.